The molecule has 4 rings (SSSR count). The van der Waals surface area contributed by atoms with Gasteiger partial charge in [-0.15, -0.1) is 0 Å². The lowest BCUT2D eigenvalue weighted by Crippen LogP contribution is -2.52. The lowest BCUT2D eigenvalue weighted by atomic mass is 9.74. The average molecular weight is 193 g/mol. The molecule has 14 heavy (non-hydrogen) atoms. The summed E-state index contributed by atoms with van der Waals surface area (Å²) in [5.74, 6) is 2.18. The Morgan fingerprint density at radius 2 is 1.50 bits per heavy atom. The van der Waals surface area contributed by atoms with E-state index in [9.17, 15) is 0 Å². The lowest BCUT2D eigenvalue weighted by molar-refractivity contribution is 0.00767. The summed E-state index contributed by atoms with van der Waals surface area (Å²) in [6.45, 7) is 2.84. The predicted octanol–water partition coefficient (Wildman–Crippen LogP) is 3.05. The van der Waals surface area contributed by atoms with Crippen LogP contribution in [0.15, 0.2) is 0 Å². The van der Waals surface area contributed by atoms with Crippen molar-refractivity contribution in [2.24, 2.45) is 11.8 Å². The molecule has 0 aromatic rings. The van der Waals surface area contributed by atoms with E-state index in [1.54, 1.807) is 6.42 Å². The maximum absolute atomic E-state index is 2.82. The van der Waals surface area contributed by atoms with Gasteiger partial charge in [-0.3, -0.25) is 0 Å². The Bertz CT molecular complexity index is 187. The van der Waals surface area contributed by atoms with Gasteiger partial charge in [-0.2, -0.15) is 0 Å². The van der Waals surface area contributed by atoms with Crippen molar-refractivity contribution in [1.82, 2.24) is 4.90 Å². The highest BCUT2D eigenvalue weighted by Crippen LogP contribution is 2.39. The first kappa shape index (κ1) is 9.21. The molecule has 1 heteroatoms. The second-order valence-electron chi connectivity index (χ2n) is 5.68. The molecule has 3 heterocycles. The quantitative estimate of drug-likeness (QED) is 0.618. The first-order chi connectivity index (χ1) is 6.93. The van der Waals surface area contributed by atoms with E-state index in [1.807, 2.05) is 0 Å². The zero-order valence-corrected chi connectivity index (χ0v) is 9.25. The van der Waals surface area contributed by atoms with Crippen molar-refractivity contribution in [2.45, 2.75) is 57.4 Å². The molecule has 1 atom stereocenters. The first-order valence-electron chi connectivity index (χ1n) is 6.67. The molecule has 3 saturated heterocycles. The monoisotopic (exact) mass is 193 g/mol. The van der Waals surface area contributed by atoms with Gasteiger partial charge in [0.1, 0.15) is 0 Å². The minimum absolute atomic E-state index is 1.00. The molecule has 0 amide bonds. The molecule has 0 radical (unpaired) electrons. The zero-order valence-electron chi connectivity index (χ0n) is 9.25. The van der Waals surface area contributed by atoms with Gasteiger partial charge in [-0.05, 0) is 57.0 Å². The maximum Gasteiger partial charge on any atom is 0.0126 e. The molecule has 1 nitrogen and oxygen atoms in total. The highest BCUT2D eigenvalue weighted by Gasteiger charge is 2.37. The molecule has 4 aliphatic rings. The summed E-state index contributed by atoms with van der Waals surface area (Å²) in [7, 11) is 0. The highest BCUT2D eigenvalue weighted by molar-refractivity contribution is 4.91. The Morgan fingerprint density at radius 1 is 0.786 bits per heavy atom. The van der Waals surface area contributed by atoms with Gasteiger partial charge in [0.25, 0.3) is 0 Å². The van der Waals surface area contributed by atoms with Crippen molar-refractivity contribution >= 4 is 0 Å². The van der Waals surface area contributed by atoms with Crippen LogP contribution < -0.4 is 0 Å². The van der Waals surface area contributed by atoms with Crippen molar-refractivity contribution < 1.29 is 0 Å². The largest absolute Gasteiger partial charge is 0.300 e. The smallest absolute Gasteiger partial charge is 0.0126 e. The molecule has 0 aromatic heterocycles. The van der Waals surface area contributed by atoms with Gasteiger partial charge in [0.15, 0.2) is 0 Å². The number of fused-ring (bicyclic) bond motifs is 3. The first-order valence-corrected chi connectivity index (χ1v) is 6.67. The second kappa shape index (κ2) is 3.84. The van der Waals surface area contributed by atoms with Crippen LogP contribution in [0.5, 0.6) is 0 Å². The van der Waals surface area contributed by atoms with Gasteiger partial charge in [0.2, 0.25) is 0 Å². The molecule has 1 aliphatic carbocycles. The van der Waals surface area contributed by atoms with E-state index >= 15 is 0 Å². The molecule has 2 bridgehead atoms. The van der Waals surface area contributed by atoms with Gasteiger partial charge < -0.3 is 4.90 Å². The molecular formula is C13H23N. The molecule has 1 unspecified atom stereocenters. The standard InChI is InChI=1S/C13H23N/c1-2-4-12(5-3-1)13-10-11-6-8-14(13)9-7-11/h11-13H,1-10H2. The van der Waals surface area contributed by atoms with Gasteiger partial charge in [0.05, 0.1) is 0 Å². The fraction of sp³-hybridized carbons (Fsp3) is 1.00. The fourth-order valence-electron chi connectivity index (χ4n) is 4.02. The van der Waals surface area contributed by atoms with Crippen LogP contribution in [0, 0.1) is 11.8 Å². The van der Waals surface area contributed by atoms with E-state index in [-0.39, 0.29) is 0 Å². The third kappa shape index (κ3) is 1.60. The topological polar surface area (TPSA) is 3.24 Å². The van der Waals surface area contributed by atoms with Gasteiger partial charge in [0, 0.05) is 6.04 Å². The van der Waals surface area contributed by atoms with E-state index in [0.717, 1.165) is 17.9 Å². The Hall–Kier alpha value is -0.0400. The molecule has 0 spiro atoms. The summed E-state index contributed by atoms with van der Waals surface area (Å²) in [4.78, 5) is 2.82. The summed E-state index contributed by atoms with van der Waals surface area (Å²) in [6, 6.07) is 1.00. The zero-order chi connectivity index (χ0) is 9.38. The predicted molar refractivity (Wildman–Crippen MR) is 59.3 cm³/mol. The minimum Gasteiger partial charge on any atom is -0.300 e. The third-order valence-corrected chi connectivity index (χ3v) is 4.89. The minimum atomic E-state index is 1.00. The molecule has 0 N–H and O–H groups in total. The van der Waals surface area contributed by atoms with E-state index in [2.05, 4.69) is 4.90 Å². The van der Waals surface area contributed by atoms with Crippen LogP contribution in [0.3, 0.4) is 0 Å². The normalized spacial score (nSPS) is 44.1. The Balaban J connectivity index is 1.66. The van der Waals surface area contributed by atoms with Crippen LogP contribution in [0.25, 0.3) is 0 Å². The van der Waals surface area contributed by atoms with E-state index in [1.165, 1.54) is 58.0 Å². The van der Waals surface area contributed by atoms with Crippen LogP contribution in [-0.2, 0) is 0 Å². The average Bonchev–Trinajstić information content (AvgIpc) is 2.32. The van der Waals surface area contributed by atoms with Gasteiger partial charge >= 0.3 is 0 Å². The van der Waals surface area contributed by atoms with Crippen LogP contribution in [-0.4, -0.2) is 24.0 Å². The molecular weight excluding hydrogens is 170 g/mol. The summed E-state index contributed by atoms with van der Waals surface area (Å²) >= 11 is 0. The Labute approximate surface area is 87.9 Å². The third-order valence-electron chi connectivity index (χ3n) is 4.89. The Kier molecular flexibility index (Phi) is 2.53. The number of hydrogen-bond donors (Lipinski definition) is 0. The van der Waals surface area contributed by atoms with E-state index < -0.39 is 0 Å². The van der Waals surface area contributed by atoms with Crippen LogP contribution in [0.2, 0.25) is 0 Å². The number of hydrogen-bond acceptors (Lipinski definition) is 1. The van der Waals surface area contributed by atoms with Crippen LogP contribution in [0.1, 0.15) is 51.4 Å². The molecule has 3 aliphatic heterocycles. The second-order valence-corrected chi connectivity index (χ2v) is 5.68. The van der Waals surface area contributed by atoms with Crippen molar-refractivity contribution in [3.05, 3.63) is 0 Å². The van der Waals surface area contributed by atoms with Gasteiger partial charge in [-0.1, -0.05) is 19.3 Å². The molecule has 80 valence electrons. The molecule has 1 saturated carbocycles. The van der Waals surface area contributed by atoms with Crippen molar-refractivity contribution in [3.8, 4) is 0 Å². The number of nitrogens with zero attached hydrogens (tertiary/aromatic N) is 1. The highest BCUT2D eigenvalue weighted by atomic mass is 15.2. The maximum atomic E-state index is 2.82. The van der Waals surface area contributed by atoms with Crippen LogP contribution in [0.4, 0.5) is 0 Å². The molecule has 4 fully saturated rings. The van der Waals surface area contributed by atoms with E-state index in [4.69, 9.17) is 0 Å². The van der Waals surface area contributed by atoms with Crippen molar-refractivity contribution in [2.75, 3.05) is 13.1 Å². The van der Waals surface area contributed by atoms with Crippen molar-refractivity contribution in [3.63, 3.8) is 0 Å². The summed E-state index contributed by atoms with van der Waals surface area (Å²) in [5, 5.41) is 0. The fourth-order valence-corrected chi connectivity index (χ4v) is 4.02. The Morgan fingerprint density at radius 3 is 2.07 bits per heavy atom. The lowest BCUT2D eigenvalue weighted by Gasteiger charge is -2.49. The molecule has 0 aromatic carbocycles. The summed E-state index contributed by atoms with van der Waals surface area (Å²) in [6.07, 6.45) is 12.2. The SMILES string of the molecule is C1CCC(C2CC3CCN2CC3)CC1. The summed E-state index contributed by atoms with van der Waals surface area (Å²) < 4.78 is 0. The number of rotatable bonds is 1. The van der Waals surface area contributed by atoms with Gasteiger partial charge in [-0.25, -0.2) is 0 Å². The summed E-state index contributed by atoms with van der Waals surface area (Å²) in [5.41, 5.74) is 0. The van der Waals surface area contributed by atoms with E-state index in [0.29, 0.717) is 0 Å². The number of piperidine rings is 3. The van der Waals surface area contributed by atoms with Crippen molar-refractivity contribution in [1.29, 1.82) is 0 Å². The van der Waals surface area contributed by atoms with Crippen LogP contribution >= 0.6 is 0 Å².